The highest BCUT2D eigenvalue weighted by Gasteiger charge is 2.15. The fourth-order valence-corrected chi connectivity index (χ4v) is 2.57. The Morgan fingerprint density at radius 1 is 1.43 bits per heavy atom. The molecule has 1 fully saturated rings. The first kappa shape index (κ1) is 9.58. The zero-order valence-electron chi connectivity index (χ0n) is 8.16. The molecule has 0 aromatic carbocycles. The van der Waals surface area contributed by atoms with Crippen LogP contribution >= 0.6 is 11.8 Å². The predicted molar refractivity (Wildman–Crippen MR) is 60.9 cm³/mol. The van der Waals surface area contributed by atoms with E-state index >= 15 is 0 Å². The second kappa shape index (κ2) is 4.50. The van der Waals surface area contributed by atoms with E-state index < -0.39 is 0 Å². The first-order valence-electron chi connectivity index (χ1n) is 4.72. The van der Waals surface area contributed by atoms with Gasteiger partial charge in [-0.2, -0.15) is 11.8 Å². The molecular formula is C9H14N4S. The maximum Gasteiger partial charge on any atom is 0.147 e. The van der Waals surface area contributed by atoms with Gasteiger partial charge < -0.3 is 10.6 Å². The number of thioether (sulfide) groups is 1. The molecule has 0 spiro atoms. The van der Waals surface area contributed by atoms with E-state index in [-0.39, 0.29) is 0 Å². The summed E-state index contributed by atoms with van der Waals surface area (Å²) in [6.07, 6.45) is 4.70. The van der Waals surface area contributed by atoms with Gasteiger partial charge in [-0.25, -0.2) is 4.98 Å². The molecule has 0 aliphatic carbocycles. The average Bonchev–Trinajstić information content (AvgIpc) is 2.71. The molecule has 4 nitrogen and oxygen atoms in total. The van der Waals surface area contributed by atoms with Crippen LogP contribution in [0, 0.1) is 0 Å². The number of nitrogens with one attached hydrogen (secondary N) is 2. The fourth-order valence-electron chi connectivity index (χ4n) is 1.41. The summed E-state index contributed by atoms with van der Waals surface area (Å²) in [6, 6.07) is 0.557. The van der Waals surface area contributed by atoms with E-state index in [1.54, 1.807) is 12.4 Å². The van der Waals surface area contributed by atoms with Gasteiger partial charge in [0.1, 0.15) is 11.6 Å². The summed E-state index contributed by atoms with van der Waals surface area (Å²) in [5.74, 6) is 4.09. The second-order valence-electron chi connectivity index (χ2n) is 3.24. The summed E-state index contributed by atoms with van der Waals surface area (Å²) in [7, 11) is 1.85. The van der Waals surface area contributed by atoms with Crippen LogP contribution in [0.4, 0.5) is 11.6 Å². The van der Waals surface area contributed by atoms with Gasteiger partial charge in [0, 0.05) is 18.8 Å². The van der Waals surface area contributed by atoms with Gasteiger partial charge in [0.2, 0.25) is 0 Å². The van der Waals surface area contributed by atoms with E-state index in [1.807, 2.05) is 18.8 Å². The minimum atomic E-state index is 0.557. The number of rotatable bonds is 3. The molecule has 5 heteroatoms. The lowest BCUT2D eigenvalue weighted by atomic mass is 10.3. The zero-order valence-corrected chi connectivity index (χ0v) is 8.97. The maximum absolute atomic E-state index is 4.36. The number of hydrogen-bond donors (Lipinski definition) is 2. The average molecular weight is 210 g/mol. The van der Waals surface area contributed by atoms with Gasteiger partial charge in [-0.05, 0) is 12.2 Å². The number of aromatic nitrogens is 2. The van der Waals surface area contributed by atoms with Gasteiger partial charge in [0.05, 0.1) is 12.4 Å². The number of nitrogens with zero attached hydrogens (tertiary/aromatic N) is 2. The van der Waals surface area contributed by atoms with Crippen molar-refractivity contribution in [3.05, 3.63) is 12.4 Å². The Kier molecular flexibility index (Phi) is 3.08. The Morgan fingerprint density at radius 3 is 3.00 bits per heavy atom. The summed E-state index contributed by atoms with van der Waals surface area (Å²) in [5.41, 5.74) is 0. The van der Waals surface area contributed by atoms with Crippen LogP contribution in [-0.2, 0) is 0 Å². The molecule has 0 radical (unpaired) electrons. The molecule has 14 heavy (non-hydrogen) atoms. The molecular weight excluding hydrogens is 196 g/mol. The predicted octanol–water partition coefficient (Wildman–Crippen LogP) is 1.44. The SMILES string of the molecule is CNc1cncc(NC2CCSC2)n1. The van der Waals surface area contributed by atoms with Crippen molar-refractivity contribution in [3.8, 4) is 0 Å². The van der Waals surface area contributed by atoms with E-state index in [2.05, 4.69) is 20.6 Å². The minimum Gasteiger partial charge on any atom is -0.372 e. The first-order valence-corrected chi connectivity index (χ1v) is 5.88. The third-order valence-corrected chi connectivity index (χ3v) is 3.33. The molecule has 1 aliphatic rings. The summed E-state index contributed by atoms with van der Waals surface area (Å²) in [4.78, 5) is 8.46. The summed E-state index contributed by atoms with van der Waals surface area (Å²) in [5, 5.41) is 6.35. The highest BCUT2D eigenvalue weighted by Crippen LogP contribution is 2.20. The Hall–Kier alpha value is -0.970. The standard InChI is InChI=1S/C9H14N4S/c1-10-8-4-11-5-9(13-8)12-7-2-3-14-6-7/h4-5,7H,2-3,6H2,1H3,(H2,10,12,13). The van der Waals surface area contributed by atoms with Crippen LogP contribution in [0.3, 0.4) is 0 Å². The van der Waals surface area contributed by atoms with E-state index in [1.165, 1.54) is 17.9 Å². The Balaban J connectivity index is 2.00. The molecule has 1 atom stereocenters. The summed E-state index contributed by atoms with van der Waals surface area (Å²) in [6.45, 7) is 0. The van der Waals surface area contributed by atoms with Crippen molar-refractivity contribution in [1.82, 2.24) is 9.97 Å². The molecule has 2 rings (SSSR count). The third kappa shape index (κ3) is 2.29. The van der Waals surface area contributed by atoms with Crippen molar-refractivity contribution in [3.63, 3.8) is 0 Å². The van der Waals surface area contributed by atoms with Crippen LogP contribution in [-0.4, -0.2) is 34.6 Å². The highest BCUT2D eigenvalue weighted by molar-refractivity contribution is 7.99. The monoisotopic (exact) mass is 210 g/mol. The molecule has 1 aromatic heterocycles. The molecule has 1 aliphatic heterocycles. The topological polar surface area (TPSA) is 49.8 Å². The Morgan fingerprint density at radius 2 is 2.29 bits per heavy atom. The van der Waals surface area contributed by atoms with Crippen molar-refractivity contribution in [2.45, 2.75) is 12.5 Å². The molecule has 0 bridgehead atoms. The molecule has 1 saturated heterocycles. The van der Waals surface area contributed by atoms with E-state index in [0.29, 0.717) is 6.04 Å². The van der Waals surface area contributed by atoms with Crippen LogP contribution in [0.25, 0.3) is 0 Å². The molecule has 0 saturated carbocycles. The van der Waals surface area contributed by atoms with Gasteiger partial charge in [0.15, 0.2) is 0 Å². The normalized spacial score (nSPS) is 20.8. The third-order valence-electron chi connectivity index (χ3n) is 2.17. The minimum absolute atomic E-state index is 0.557. The maximum atomic E-state index is 4.36. The molecule has 1 unspecified atom stereocenters. The van der Waals surface area contributed by atoms with E-state index in [0.717, 1.165) is 11.6 Å². The second-order valence-corrected chi connectivity index (χ2v) is 4.39. The highest BCUT2D eigenvalue weighted by atomic mass is 32.2. The Bertz CT molecular complexity index is 299. The first-order chi connectivity index (χ1) is 6.88. The van der Waals surface area contributed by atoms with Gasteiger partial charge in [-0.1, -0.05) is 0 Å². The fraction of sp³-hybridized carbons (Fsp3) is 0.556. The molecule has 1 aromatic rings. The van der Waals surface area contributed by atoms with Crippen LogP contribution in [0.5, 0.6) is 0 Å². The zero-order chi connectivity index (χ0) is 9.80. The van der Waals surface area contributed by atoms with Crippen molar-refractivity contribution in [2.24, 2.45) is 0 Å². The number of anilines is 2. The lowest BCUT2D eigenvalue weighted by molar-refractivity contribution is 0.805. The van der Waals surface area contributed by atoms with Crippen LogP contribution in [0.1, 0.15) is 6.42 Å². The largest absolute Gasteiger partial charge is 0.372 e. The van der Waals surface area contributed by atoms with Crippen LogP contribution in [0.2, 0.25) is 0 Å². The van der Waals surface area contributed by atoms with E-state index in [9.17, 15) is 0 Å². The molecule has 0 amide bonds. The van der Waals surface area contributed by atoms with Gasteiger partial charge in [-0.15, -0.1) is 0 Å². The molecule has 76 valence electrons. The van der Waals surface area contributed by atoms with Crippen molar-refractivity contribution < 1.29 is 0 Å². The lowest BCUT2D eigenvalue weighted by Gasteiger charge is -2.11. The quantitative estimate of drug-likeness (QED) is 0.790. The van der Waals surface area contributed by atoms with Crippen LogP contribution < -0.4 is 10.6 Å². The number of hydrogen-bond acceptors (Lipinski definition) is 5. The smallest absolute Gasteiger partial charge is 0.147 e. The van der Waals surface area contributed by atoms with Crippen molar-refractivity contribution in [1.29, 1.82) is 0 Å². The van der Waals surface area contributed by atoms with Gasteiger partial charge in [0.25, 0.3) is 0 Å². The van der Waals surface area contributed by atoms with Gasteiger partial charge >= 0.3 is 0 Å². The molecule has 2 N–H and O–H groups in total. The van der Waals surface area contributed by atoms with Crippen LogP contribution in [0.15, 0.2) is 12.4 Å². The molecule has 2 heterocycles. The summed E-state index contributed by atoms with van der Waals surface area (Å²) >= 11 is 1.99. The van der Waals surface area contributed by atoms with Gasteiger partial charge in [-0.3, -0.25) is 4.98 Å². The van der Waals surface area contributed by atoms with E-state index in [4.69, 9.17) is 0 Å². The van der Waals surface area contributed by atoms with Crippen molar-refractivity contribution in [2.75, 3.05) is 29.2 Å². The van der Waals surface area contributed by atoms with Crippen molar-refractivity contribution >= 4 is 23.4 Å². The lowest BCUT2D eigenvalue weighted by Crippen LogP contribution is -2.19. The Labute approximate surface area is 87.9 Å². The summed E-state index contributed by atoms with van der Waals surface area (Å²) < 4.78 is 0.